The van der Waals surface area contributed by atoms with Crippen LogP contribution in [0, 0.1) is 0 Å². The van der Waals surface area contributed by atoms with Gasteiger partial charge in [0.05, 0.1) is 5.69 Å². The molecule has 2 heterocycles. The third kappa shape index (κ3) is 2.53. The predicted octanol–water partition coefficient (Wildman–Crippen LogP) is 0.514. The molecule has 2 rings (SSSR count). The highest BCUT2D eigenvalue weighted by Crippen LogP contribution is 2.19. The van der Waals surface area contributed by atoms with E-state index < -0.39 is 11.2 Å². The SMILES string of the molecule is CCC(SCc1cc(=O)n2[nH]cnc2n1)C(=O)O. The molecule has 1 atom stereocenters. The van der Waals surface area contributed by atoms with Gasteiger partial charge in [0.15, 0.2) is 0 Å². The molecule has 7 nitrogen and oxygen atoms in total. The summed E-state index contributed by atoms with van der Waals surface area (Å²) in [7, 11) is 0. The van der Waals surface area contributed by atoms with Gasteiger partial charge in [-0.05, 0) is 6.42 Å². The van der Waals surface area contributed by atoms with Crippen molar-refractivity contribution in [1.82, 2.24) is 19.6 Å². The number of aromatic nitrogens is 4. The van der Waals surface area contributed by atoms with Crippen LogP contribution in [0.1, 0.15) is 19.0 Å². The molecule has 0 saturated carbocycles. The number of H-pyrrole nitrogens is 1. The molecular weight excluding hydrogens is 256 g/mol. The van der Waals surface area contributed by atoms with E-state index in [0.29, 0.717) is 23.6 Å². The highest BCUT2D eigenvalue weighted by Gasteiger charge is 2.16. The Morgan fingerprint density at radius 3 is 3.11 bits per heavy atom. The molecule has 8 heteroatoms. The molecule has 0 aromatic carbocycles. The van der Waals surface area contributed by atoms with Crippen LogP contribution in [0.4, 0.5) is 0 Å². The van der Waals surface area contributed by atoms with E-state index in [1.807, 2.05) is 6.92 Å². The van der Waals surface area contributed by atoms with E-state index in [0.717, 1.165) is 0 Å². The lowest BCUT2D eigenvalue weighted by molar-refractivity contribution is -0.136. The lowest BCUT2D eigenvalue weighted by Crippen LogP contribution is -2.17. The molecule has 0 radical (unpaired) electrons. The molecule has 0 bridgehead atoms. The van der Waals surface area contributed by atoms with Crippen LogP contribution >= 0.6 is 11.8 Å². The Hall–Kier alpha value is -1.83. The number of rotatable bonds is 5. The normalized spacial score (nSPS) is 12.7. The van der Waals surface area contributed by atoms with E-state index in [1.165, 1.54) is 28.7 Å². The molecule has 2 N–H and O–H groups in total. The summed E-state index contributed by atoms with van der Waals surface area (Å²) < 4.78 is 1.22. The van der Waals surface area contributed by atoms with E-state index in [-0.39, 0.29) is 5.56 Å². The first kappa shape index (κ1) is 12.6. The van der Waals surface area contributed by atoms with Crippen molar-refractivity contribution >= 4 is 23.5 Å². The smallest absolute Gasteiger partial charge is 0.316 e. The van der Waals surface area contributed by atoms with Crippen molar-refractivity contribution in [2.75, 3.05) is 0 Å². The summed E-state index contributed by atoms with van der Waals surface area (Å²) in [6.07, 6.45) is 1.91. The Morgan fingerprint density at radius 1 is 1.67 bits per heavy atom. The monoisotopic (exact) mass is 268 g/mol. The molecule has 0 spiro atoms. The van der Waals surface area contributed by atoms with Crippen LogP contribution in [-0.4, -0.2) is 35.9 Å². The van der Waals surface area contributed by atoms with Gasteiger partial charge in [0.2, 0.25) is 0 Å². The zero-order valence-electron chi connectivity index (χ0n) is 9.66. The number of thioether (sulfide) groups is 1. The fraction of sp³-hybridized carbons (Fsp3) is 0.400. The lowest BCUT2D eigenvalue weighted by atomic mass is 10.3. The van der Waals surface area contributed by atoms with Gasteiger partial charge >= 0.3 is 5.97 Å². The molecule has 2 aromatic heterocycles. The van der Waals surface area contributed by atoms with Gasteiger partial charge in [-0.25, -0.2) is 9.97 Å². The number of hydrogen-bond acceptors (Lipinski definition) is 5. The highest BCUT2D eigenvalue weighted by molar-refractivity contribution is 7.99. The number of hydrogen-bond donors (Lipinski definition) is 2. The summed E-state index contributed by atoms with van der Waals surface area (Å²) >= 11 is 1.25. The van der Waals surface area contributed by atoms with E-state index >= 15 is 0 Å². The second kappa shape index (κ2) is 5.21. The summed E-state index contributed by atoms with van der Waals surface area (Å²) in [4.78, 5) is 30.6. The van der Waals surface area contributed by atoms with Crippen LogP contribution in [0.25, 0.3) is 5.78 Å². The zero-order chi connectivity index (χ0) is 13.1. The summed E-state index contributed by atoms with van der Waals surface area (Å²) in [5, 5.41) is 11.1. The molecule has 1 unspecified atom stereocenters. The second-order valence-corrected chi connectivity index (χ2v) is 4.85. The predicted molar refractivity (Wildman–Crippen MR) is 66.6 cm³/mol. The number of carboxylic acids is 1. The first-order valence-corrected chi connectivity index (χ1v) is 6.43. The van der Waals surface area contributed by atoms with Crippen molar-refractivity contribution in [1.29, 1.82) is 0 Å². The molecule has 96 valence electrons. The molecule has 0 amide bonds. The minimum atomic E-state index is -0.847. The Kier molecular flexibility index (Phi) is 3.66. The standard InChI is InChI=1S/C10H12N4O3S/c1-2-7(9(16)17)18-4-6-3-8(15)14-10(13-6)11-5-12-14/h3,5,7H,2,4H2,1H3,(H,16,17)(H,11,12,13). The number of nitrogens with one attached hydrogen (secondary N) is 1. The van der Waals surface area contributed by atoms with E-state index in [2.05, 4.69) is 15.1 Å². The van der Waals surface area contributed by atoms with Crippen LogP contribution in [0.5, 0.6) is 0 Å². The Balaban J connectivity index is 2.17. The van der Waals surface area contributed by atoms with Gasteiger partial charge < -0.3 is 5.11 Å². The fourth-order valence-electron chi connectivity index (χ4n) is 1.49. The molecule has 0 aliphatic rings. The van der Waals surface area contributed by atoms with Crippen LogP contribution in [-0.2, 0) is 10.5 Å². The number of carbonyl (C=O) groups is 1. The Labute approximate surface area is 106 Å². The largest absolute Gasteiger partial charge is 0.480 e. The minimum absolute atomic E-state index is 0.253. The second-order valence-electron chi connectivity index (χ2n) is 3.65. The van der Waals surface area contributed by atoms with Crippen LogP contribution in [0.15, 0.2) is 17.2 Å². The molecule has 0 saturated heterocycles. The fourth-order valence-corrected chi connectivity index (χ4v) is 2.39. The van der Waals surface area contributed by atoms with Gasteiger partial charge in [0, 0.05) is 11.8 Å². The topological polar surface area (TPSA) is 100 Å². The van der Waals surface area contributed by atoms with Crippen molar-refractivity contribution in [3.63, 3.8) is 0 Å². The van der Waals surface area contributed by atoms with Gasteiger partial charge in [0.25, 0.3) is 11.3 Å². The van der Waals surface area contributed by atoms with Gasteiger partial charge in [-0.2, -0.15) is 4.52 Å². The zero-order valence-corrected chi connectivity index (χ0v) is 10.5. The average Bonchev–Trinajstić information content (AvgIpc) is 2.78. The molecular formula is C10H12N4O3S. The highest BCUT2D eigenvalue weighted by atomic mass is 32.2. The third-order valence-corrected chi connectivity index (χ3v) is 3.80. The molecule has 0 aliphatic carbocycles. The first-order valence-electron chi connectivity index (χ1n) is 5.38. The third-order valence-electron chi connectivity index (χ3n) is 2.40. The molecule has 2 aromatic rings. The maximum Gasteiger partial charge on any atom is 0.316 e. The maximum absolute atomic E-state index is 11.6. The molecule has 18 heavy (non-hydrogen) atoms. The number of aliphatic carboxylic acids is 1. The summed E-state index contributed by atoms with van der Waals surface area (Å²) in [5.74, 6) is -0.176. The van der Waals surface area contributed by atoms with Crippen molar-refractivity contribution < 1.29 is 9.90 Å². The van der Waals surface area contributed by atoms with Gasteiger partial charge in [-0.1, -0.05) is 6.92 Å². The molecule has 0 aliphatic heterocycles. The van der Waals surface area contributed by atoms with Crippen LogP contribution < -0.4 is 5.56 Å². The number of nitrogens with zero attached hydrogens (tertiary/aromatic N) is 3. The molecule has 0 fully saturated rings. The average molecular weight is 268 g/mol. The minimum Gasteiger partial charge on any atom is -0.480 e. The van der Waals surface area contributed by atoms with Crippen LogP contribution in [0.3, 0.4) is 0 Å². The Morgan fingerprint density at radius 2 is 2.44 bits per heavy atom. The maximum atomic E-state index is 11.6. The summed E-state index contributed by atoms with van der Waals surface area (Å²) in [6.45, 7) is 1.81. The quantitative estimate of drug-likeness (QED) is 0.819. The van der Waals surface area contributed by atoms with Crippen molar-refractivity contribution in [3.8, 4) is 0 Å². The van der Waals surface area contributed by atoms with E-state index in [9.17, 15) is 9.59 Å². The van der Waals surface area contributed by atoms with Crippen molar-refractivity contribution in [3.05, 3.63) is 28.4 Å². The van der Waals surface area contributed by atoms with Crippen molar-refractivity contribution in [2.24, 2.45) is 0 Å². The summed E-state index contributed by atoms with van der Waals surface area (Å²) in [5.41, 5.74) is 0.285. The summed E-state index contributed by atoms with van der Waals surface area (Å²) in [6, 6.07) is 1.38. The van der Waals surface area contributed by atoms with Gasteiger partial charge in [-0.3, -0.25) is 14.7 Å². The van der Waals surface area contributed by atoms with Crippen molar-refractivity contribution in [2.45, 2.75) is 24.3 Å². The Bertz CT molecular complexity index is 621. The number of aromatic amines is 1. The van der Waals surface area contributed by atoms with Gasteiger partial charge in [-0.15, -0.1) is 11.8 Å². The van der Waals surface area contributed by atoms with Gasteiger partial charge in [0.1, 0.15) is 11.6 Å². The number of carboxylic acid groups (broad SMARTS) is 1. The van der Waals surface area contributed by atoms with E-state index in [1.54, 1.807) is 0 Å². The van der Waals surface area contributed by atoms with Crippen LogP contribution in [0.2, 0.25) is 0 Å². The number of fused-ring (bicyclic) bond motifs is 1. The lowest BCUT2D eigenvalue weighted by Gasteiger charge is -2.08. The van der Waals surface area contributed by atoms with E-state index in [4.69, 9.17) is 5.11 Å². The first-order chi connectivity index (χ1) is 8.61.